The van der Waals surface area contributed by atoms with Gasteiger partial charge in [-0.2, -0.15) is 0 Å². The lowest BCUT2D eigenvalue weighted by molar-refractivity contribution is -0.117. The highest BCUT2D eigenvalue weighted by Crippen LogP contribution is 2.38. The van der Waals surface area contributed by atoms with Crippen molar-refractivity contribution in [3.63, 3.8) is 0 Å². The molecule has 0 radical (unpaired) electrons. The zero-order valence-electron chi connectivity index (χ0n) is 12.3. The first-order valence-electron chi connectivity index (χ1n) is 7.60. The molecule has 1 aliphatic carbocycles. The lowest BCUT2D eigenvalue weighted by Crippen LogP contribution is -2.25. The van der Waals surface area contributed by atoms with E-state index in [9.17, 15) is 4.79 Å². The summed E-state index contributed by atoms with van der Waals surface area (Å²) in [7, 11) is 0. The second kappa shape index (κ2) is 5.76. The Morgan fingerprint density at radius 3 is 2.62 bits per heavy atom. The molecule has 3 nitrogen and oxygen atoms in total. The van der Waals surface area contributed by atoms with E-state index in [0.29, 0.717) is 5.92 Å². The van der Waals surface area contributed by atoms with Crippen LogP contribution in [0.25, 0.3) is 10.9 Å². The van der Waals surface area contributed by atoms with Gasteiger partial charge in [0.1, 0.15) is 0 Å². The maximum Gasteiger partial charge on any atom is 0.179 e. The maximum absolute atomic E-state index is 11.9. The summed E-state index contributed by atoms with van der Waals surface area (Å²) in [6, 6.07) is 10.4. The van der Waals surface area contributed by atoms with Crippen molar-refractivity contribution >= 4 is 22.4 Å². The van der Waals surface area contributed by atoms with Crippen LogP contribution in [0.2, 0.25) is 0 Å². The topological polar surface area (TPSA) is 53.8 Å². The zero-order chi connectivity index (χ0) is 14.8. The third-order valence-electron chi connectivity index (χ3n) is 4.59. The van der Waals surface area contributed by atoms with Crippen LogP contribution >= 0.6 is 0 Å². The van der Waals surface area contributed by atoms with Gasteiger partial charge >= 0.3 is 0 Å². The quantitative estimate of drug-likeness (QED) is 0.860. The number of rotatable bonds is 3. The summed E-state index contributed by atoms with van der Waals surface area (Å²) in [5, 5.41) is 8.74. The lowest BCUT2D eigenvalue weighted by atomic mass is 9.76. The summed E-state index contributed by atoms with van der Waals surface area (Å²) in [6.07, 6.45) is 5.68. The van der Waals surface area contributed by atoms with E-state index in [-0.39, 0.29) is 17.4 Å². The molecule has 108 valence electrons. The smallest absolute Gasteiger partial charge is 0.179 e. The molecular weight excluding hydrogens is 260 g/mol. The highest BCUT2D eigenvalue weighted by atomic mass is 16.1. The van der Waals surface area contributed by atoms with Gasteiger partial charge in [0.25, 0.3) is 0 Å². The number of nitrogens with zero attached hydrogens (tertiary/aromatic N) is 1. The molecule has 0 saturated heterocycles. The standard InChI is InChI=1S/C18H20N2O/c1-12(19)18(21)14-9-7-13(8-10-14)15-4-2-6-17-16(15)5-3-11-20-17/h2-6,11,13-14,19H,7-10H2,1H3. The number of benzene rings is 1. The molecule has 3 rings (SSSR count). The Hall–Kier alpha value is -2.03. The van der Waals surface area contributed by atoms with E-state index in [4.69, 9.17) is 5.41 Å². The molecule has 1 saturated carbocycles. The minimum absolute atomic E-state index is 0.0352. The lowest BCUT2D eigenvalue weighted by Gasteiger charge is -2.28. The number of hydrogen-bond donors (Lipinski definition) is 1. The van der Waals surface area contributed by atoms with Gasteiger partial charge in [0.15, 0.2) is 5.78 Å². The summed E-state index contributed by atoms with van der Waals surface area (Å²) < 4.78 is 0. The minimum atomic E-state index is 0.0352. The van der Waals surface area contributed by atoms with Gasteiger partial charge in [0.2, 0.25) is 0 Å². The molecule has 1 heterocycles. The molecule has 1 fully saturated rings. The Balaban J connectivity index is 1.80. The average Bonchev–Trinajstić information content (AvgIpc) is 2.53. The number of ketones is 1. The third-order valence-corrected chi connectivity index (χ3v) is 4.59. The number of carbonyl (C=O) groups excluding carboxylic acids is 1. The summed E-state index contributed by atoms with van der Waals surface area (Å²) in [4.78, 5) is 16.3. The fourth-order valence-corrected chi connectivity index (χ4v) is 3.46. The van der Waals surface area contributed by atoms with Gasteiger partial charge in [-0.05, 0) is 56.2 Å². The van der Waals surface area contributed by atoms with Crippen molar-refractivity contribution in [2.75, 3.05) is 0 Å². The van der Waals surface area contributed by atoms with Gasteiger partial charge in [-0.3, -0.25) is 9.78 Å². The second-order valence-electron chi connectivity index (χ2n) is 5.96. The number of Topliss-reactive ketones (excluding diaryl/α,β-unsaturated/α-hetero) is 1. The first-order chi connectivity index (χ1) is 10.2. The molecule has 1 aromatic carbocycles. The Kier molecular flexibility index (Phi) is 3.82. The predicted octanol–water partition coefficient (Wildman–Crippen LogP) is 4.12. The van der Waals surface area contributed by atoms with E-state index >= 15 is 0 Å². The fraction of sp³-hybridized carbons (Fsp3) is 0.389. The largest absolute Gasteiger partial charge is 0.302 e. The van der Waals surface area contributed by atoms with Gasteiger partial charge in [0.05, 0.1) is 11.2 Å². The average molecular weight is 280 g/mol. The Bertz CT molecular complexity index is 679. The summed E-state index contributed by atoms with van der Waals surface area (Å²) in [6.45, 7) is 1.60. The van der Waals surface area contributed by atoms with E-state index in [1.807, 2.05) is 18.3 Å². The van der Waals surface area contributed by atoms with Crippen LogP contribution in [-0.4, -0.2) is 16.5 Å². The number of aromatic nitrogens is 1. The number of carbonyl (C=O) groups is 1. The molecule has 1 N–H and O–H groups in total. The molecule has 0 spiro atoms. The van der Waals surface area contributed by atoms with E-state index < -0.39 is 0 Å². The van der Waals surface area contributed by atoms with Crippen molar-refractivity contribution in [2.24, 2.45) is 5.92 Å². The minimum Gasteiger partial charge on any atom is -0.302 e. The highest BCUT2D eigenvalue weighted by Gasteiger charge is 2.28. The molecule has 0 bridgehead atoms. The van der Waals surface area contributed by atoms with Gasteiger partial charge in [0, 0.05) is 17.5 Å². The van der Waals surface area contributed by atoms with Crippen LogP contribution in [0.3, 0.4) is 0 Å². The molecule has 1 aliphatic rings. The number of fused-ring (bicyclic) bond motifs is 1. The second-order valence-corrected chi connectivity index (χ2v) is 5.96. The molecule has 2 aromatic rings. The fourth-order valence-electron chi connectivity index (χ4n) is 3.46. The van der Waals surface area contributed by atoms with Crippen LogP contribution in [-0.2, 0) is 4.79 Å². The first kappa shape index (κ1) is 13.9. The third kappa shape index (κ3) is 2.73. The molecule has 21 heavy (non-hydrogen) atoms. The molecular formula is C18H20N2O. The number of hydrogen-bond acceptors (Lipinski definition) is 3. The van der Waals surface area contributed by atoms with Crippen molar-refractivity contribution in [3.8, 4) is 0 Å². The zero-order valence-corrected chi connectivity index (χ0v) is 12.3. The van der Waals surface area contributed by atoms with Gasteiger partial charge in [-0.1, -0.05) is 18.2 Å². The van der Waals surface area contributed by atoms with Crippen molar-refractivity contribution < 1.29 is 4.79 Å². The van der Waals surface area contributed by atoms with Crippen molar-refractivity contribution in [2.45, 2.75) is 38.5 Å². The normalized spacial score (nSPS) is 22.1. The van der Waals surface area contributed by atoms with Crippen molar-refractivity contribution in [3.05, 3.63) is 42.1 Å². The van der Waals surface area contributed by atoms with E-state index in [1.165, 1.54) is 10.9 Å². The number of nitrogens with one attached hydrogen (secondary N) is 1. The van der Waals surface area contributed by atoms with Crippen LogP contribution in [0.15, 0.2) is 36.5 Å². The maximum atomic E-state index is 11.9. The molecule has 0 unspecified atom stereocenters. The van der Waals surface area contributed by atoms with Crippen molar-refractivity contribution in [1.29, 1.82) is 5.41 Å². The molecule has 0 amide bonds. The van der Waals surface area contributed by atoms with Crippen LogP contribution in [0.4, 0.5) is 0 Å². The summed E-state index contributed by atoms with van der Waals surface area (Å²) >= 11 is 0. The van der Waals surface area contributed by atoms with Crippen LogP contribution < -0.4 is 0 Å². The molecule has 1 aromatic heterocycles. The summed E-state index contributed by atoms with van der Waals surface area (Å²) in [5.74, 6) is 0.605. The number of pyridine rings is 1. The summed E-state index contributed by atoms with van der Waals surface area (Å²) in [5.41, 5.74) is 2.61. The van der Waals surface area contributed by atoms with Gasteiger partial charge in [-0.25, -0.2) is 0 Å². The predicted molar refractivity (Wildman–Crippen MR) is 84.8 cm³/mol. The van der Waals surface area contributed by atoms with E-state index in [0.717, 1.165) is 31.2 Å². The van der Waals surface area contributed by atoms with E-state index in [2.05, 4.69) is 23.2 Å². The molecule has 0 aliphatic heterocycles. The SMILES string of the molecule is CC(=N)C(=O)C1CCC(c2cccc3ncccc23)CC1. The van der Waals surface area contributed by atoms with E-state index in [1.54, 1.807) is 6.92 Å². The van der Waals surface area contributed by atoms with Crippen LogP contribution in [0.1, 0.15) is 44.1 Å². The monoisotopic (exact) mass is 280 g/mol. The van der Waals surface area contributed by atoms with Crippen molar-refractivity contribution in [1.82, 2.24) is 4.98 Å². The van der Waals surface area contributed by atoms with Crippen LogP contribution in [0, 0.1) is 11.3 Å². The highest BCUT2D eigenvalue weighted by molar-refractivity contribution is 6.38. The first-order valence-corrected chi connectivity index (χ1v) is 7.60. The van der Waals surface area contributed by atoms with Crippen LogP contribution in [0.5, 0.6) is 0 Å². The van der Waals surface area contributed by atoms with Gasteiger partial charge < -0.3 is 5.41 Å². The Morgan fingerprint density at radius 2 is 1.90 bits per heavy atom. The molecule has 3 heteroatoms. The molecule has 0 atom stereocenters. The van der Waals surface area contributed by atoms with Gasteiger partial charge in [-0.15, -0.1) is 0 Å². The Labute approximate surface area is 124 Å². The Morgan fingerprint density at radius 1 is 1.14 bits per heavy atom.